The molecule has 0 aromatic heterocycles. The number of amides is 2. The standard InChI is InChI=1S/C18H30F3N3O2/c1-13(2)11-15(23-7-3-4-8-23)12-22-16(25)14-5-9-24(10-6-14)17(26)18(19,20)21/h13-15H,3-12H2,1-2H3,(H,22,25). The Balaban J connectivity index is 1.79. The number of alkyl halides is 3. The molecule has 0 aliphatic carbocycles. The SMILES string of the molecule is CC(C)CC(CNC(=O)C1CCN(C(=O)C(F)(F)F)CC1)N1CCCC1. The van der Waals surface area contributed by atoms with Crippen LogP contribution in [0, 0.1) is 11.8 Å². The zero-order valence-corrected chi connectivity index (χ0v) is 15.6. The van der Waals surface area contributed by atoms with E-state index in [0.29, 0.717) is 18.5 Å². The first-order chi connectivity index (χ1) is 12.2. The Morgan fingerprint density at radius 3 is 2.15 bits per heavy atom. The zero-order chi connectivity index (χ0) is 19.3. The highest BCUT2D eigenvalue weighted by molar-refractivity contribution is 5.83. The molecule has 1 unspecified atom stereocenters. The second kappa shape index (κ2) is 9.06. The molecule has 0 aromatic carbocycles. The minimum atomic E-state index is -4.84. The molecular weight excluding hydrogens is 347 g/mol. The van der Waals surface area contributed by atoms with Crippen LogP contribution in [-0.4, -0.2) is 66.6 Å². The van der Waals surface area contributed by atoms with Crippen molar-refractivity contribution in [2.24, 2.45) is 11.8 Å². The summed E-state index contributed by atoms with van der Waals surface area (Å²) in [6.45, 7) is 7.00. The maximum Gasteiger partial charge on any atom is 0.471 e. The van der Waals surface area contributed by atoms with Crippen molar-refractivity contribution >= 4 is 11.8 Å². The molecule has 5 nitrogen and oxygen atoms in total. The summed E-state index contributed by atoms with van der Waals surface area (Å²) in [5, 5.41) is 3.00. The molecule has 150 valence electrons. The molecule has 2 heterocycles. The summed E-state index contributed by atoms with van der Waals surface area (Å²) in [6, 6.07) is 0.313. The van der Waals surface area contributed by atoms with Crippen LogP contribution >= 0.6 is 0 Å². The Labute approximate surface area is 153 Å². The Morgan fingerprint density at radius 1 is 1.08 bits per heavy atom. The molecular formula is C18H30F3N3O2. The highest BCUT2D eigenvalue weighted by Gasteiger charge is 2.43. The first kappa shape index (κ1) is 21.0. The summed E-state index contributed by atoms with van der Waals surface area (Å²) in [7, 11) is 0. The van der Waals surface area contributed by atoms with Crippen molar-refractivity contribution in [3.05, 3.63) is 0 Å². The van der Waals surface area contributed by atoms with Crippen molar-refractivity contribution in [3.63, 3.8) is 0 Å². The smallest absolute Gasteiger partial charge is 0.354 e. The lowest BCUT2D eigenvalue weighted by molar-refractivity contribution is -0.186. The lowest BCUT2D eigenvalue weighted by Gasteiger charge is -2.33. The Morgan fingerprint density at radius 2 is 1.65 bits per heavy atom. The molecule has 0 radical (unpaired) electrons. The molecule has 2 rings (SSSR count). The quantitative estimate of drug-likeness (QED) is 0.773. The maximum atomic E-state index is 12.5. The Hall–Kier alpha value is -1.31. The van der Waals surface area contributed by atoms with Gasteiger partial charge < -0.3 is 10.2 Å². The van der Waals surface area contributed by atoms with Gasteiger partial charge in [-0.2, -0.15) is 13.2 Å². The highest BCUT2D eigenvalue weighted by Crippen LogP contribution is 2.24. The lowest BCUT2D eigenvalue weighted by atomic mass is 9.95. The normalized spacial score (nSPS) is 21.2. The molecule has 26 heavy (non-hydrogen) atoms. The van der Waals surface area contributed by atoms with Crippen molar-refractivity contribution in [2.75, 3.05) is 32.7 Å². The predicted molar refractivity (Wildman–Crippen MR) is 92.4 cm³/mol. The van der Waals surface area contributed by atoms with Crippen LogP contribution < -0.4 is 5.32 Å². The number of halogens is 3. The number of nitrogens with zero attached hydrogens (tertiary/aromatic N) is 2. The van der Waals surface area contributed by atoms with Gasteiger partial charge in [-0.3, -0.25) is 14.5 Å². The van der Waals surface area contributed by atoms with E-state index >= 15 is 0 Å². The average molecular weight is 377 g/mol. The van der Waals surface area contributed by atoms with Gasteiger partial charge in [0, 0.05) is 31.6 Å². The zero-order valence-electron chi connectivity index (χ0n) is 15.6. The summed E-state index contributed by atoms with van der Waals surface area (Å²) in [4.78, 5) is 26.9. The van der Waals surface area contributed by atoms with Gasteiger partial charge in [0.1, 0.15) is 0 Å². The van der Waals surface area contributed by atoms with Crippen molar-refractivity contribution < 1.29 is 22.8 Å². The summed E-state index contributed by atoms with van der Waals surface area (Å²) in [5.74, 6) is -1.68. The van der Waals surface area contributed by atoms with Crippen molar-refractivity contribution in [1.82, 2.24) is 15.1 Å². The van der Waals surface area contributed by atoms with Crippen molar-refractivity contribution in [2.45, 2.75) is 58.2 Å². The molecule has 2 amide bonds. The molecule has 0 saturated carbocycles. The molecule has 1 atom stereocenters. The van der Waals surface area contributed by atoms with E-state index in [9.17, 15) is 22.8 Å². The number of carbonyl (C=O) groups is 2. The van der Waals surface area contributed by atoms with E-state index in [0.717, 1.165) is 24.4 Å². The van der Waals surface area contributed by atoms with E-state index in [4.69, 9.17) is 0 Å². The van der Waals surface area contributed by atoms with Gasteiger partial charge in [-0.25, -0.2) is 0 Å². The third-order valence-corrected chi connectivity index (χ3v) is 5.31. The fourth-order valence-electron chi connectivity index (χ4n) is 3.90. The molecule has 0 bridgehead atoms. The van der Waals surface area contributed by atoms with Gasteiger partial charge in [0.2, 0.25) is 5.91 Å². The van der Waals surface area contributed by atoms with Gasteiger partial charge in [0.15, 0.2) is 0 Å². The Bertz CT molecular complexity index is 483. The van der Waals surface area contributed by atoms with E-state index in [1.54, 1.807) is 0 Å². The number of piperidine rings is 1. The van der Waals surface area contributed by atoms with Crippen molar-refractivity contribution in [1.29, 1.82) is 0 Å². The Kier molecular flexibility index (Phi) is 7.32. The van der Waals surface area contributed by atoms with E-state index in [2.05, 4.69) is 24.1 Å². The average Bonchev–Trinajstić information content (AvgIpc) is 3.11. The van der Waals surface area contributed by atoms with Gasteiger partial charge in [-0.05, 0) is 51.1 Å². The summed E-state index contributed by atoms with van der Waals surface area (Å²) in [5.41, 5.74) is 0. The van der Waals surface area contributed by atoms with Gasteiger partial charge in [0.25, 0.3) is 0 Å². The minimum absolute atomic E-state index is 0.0159. The second-order valence-electron chi connectivity index (χ2n) is 7.84. The van der Waals surface area contributed by atoms with Crippen LogP contribution in [-0.2, 0) is 9.59 Å². The van der Waals surface area contributed by atoms with Crippen molar-refractivity contribution in [3.8, 4) is 0 Å². The van der Waals surface area contributed by atoms with Gasteiger partial charge in [-0.1, -0.05) is 13.8 Å². The third-order valence-electron chi connectivity index (χ3n) is 5.31. The fourth-order valence-corrected chi connectivity index (χ4v) is 3.90. The van der Waals surface area contributed by atoms with Crippen LogP contribution in [0.15, 0.2) is 0 Å². The summed E-state index contributed by atoms with van der Waals surface area (Å²) < 4.78 is 37.4. The van der Waals surface area contributed by atoms with Crippen LogP contribution in [0.4, 0.5) is 13.2 Å². The topological polar surface area (TPSA) is 52.7 Å². The molecule has 0 spiro atoms. The third kappa shape index (κ3) is 5.86. The number of hydrogen-bond acceptors (Lipinski definition) is 3. The van der Waals surface area contributed by atoms with E-state index in [1.165, 1.54) is 12.8 Å². The highest BCUT2D eigenvalue weighted by atomic mass is 19.4. The van der Waals surface area contributed by atoms with Crippen LogP contribution in [0.5, 0.6) is 0 Å². The molecule has 2 saturated heterocycles. The van der Waals surface area contributed by atoms with Gasteiger partial charge in [-0.15, -0.1) is 0 Å². The van der Waals surface area contributed by atoms with Crippen LogP contribution in [0.1, 0.15) is 46.0 Å². The molecule has 1 N–H and O–H groups in total. The van der Waals surface area contributed by atoms with Crippen LogP contribution in [0.3, 0.4) is 0 Å². The van der Waals surface area contributed by atoms with Gasteiger partial charge >= 0.3 is 12.1 Å². The molecule has 2 fully saturated rings. The van der Waals surface area contributed by atoms with Crippen LogP contribution in [0.2, 0.25) is 0 Å². The molecule has 2 aliphatic heterocycles. The second-order valence-corrected chi connectivity index (χ2v) is 7.84. The minimum Gasteiger partial charge on any atom is -0.354 e. The largest absolute Gasteiger partial charge is 0.471 e. The number of likely N-dealkylation sites (tertiary alicyclic amines) is 2. The van der Waals surface area contributed by atoms with E-state index in [-0.39, 0.29) is 37.8 Å². The van der Waals surface area contributed by atoms with E-state index < -0.39 is 12.1 Å². The summed E-state index contributed by atoms with van der Waals surface area (Å²) in [6.07, 6.45) is -0.880. The lowest BCUT2D eigenvalue weighted by Crippen LogP contribution is -2.49. The van der Waals surface area contributed by atoms with Crippen LogP contribution in [0.25, 0.3) is 0 Å². The molecule has 0 aromatic rings. The number of hydrogen-bond donors (Lipinski definition) is 1. The number of rotatable bonds is 6. The molecule has 8 heteroatoms. The van der Waals surface area contributed by atoms with Gasteiger partial charge in [0.05, 0.1) is 0 Å². The number of nitrogens with one attached hydrogen (secondary N) is 1. The summed E-state index contributed by atoms with van der Waals surface area (Å²) >= 11 is 0. The monoisotopic (exact) mass is 377 g/mol. The first-order valence-electron chi connectivity index (χ1n) is 9.56. The number of carbonyl (C=O) groups excluding carboxylic acids is 2. The fraction of sp³-hybridized carbons (Fsp3) is 0.889. The predicted octanol–water partition coefficient (Wildman–Crippen LogP) is 2.41. The molecule has 2 aliphatic rings. The van der Waals surface area contributed by atoms with E-state index in [1.807, 2.05) is 0 Å². The maximum absolute atomic E-state index is 12.5. The first-order valence-corrected chi connectivity index (χ1v) is 9.56.